The molecule has 0 N–H and O–H groups in total. The van der Waals surface area contributed by atoms with E-state index in [1.807, 2.05) is 49.4 Å². The highest BCUT2D eigenvalue weighted by Gasteiger charge is 2.12. The Labute approximate surface area is 163 Å². The third kappa shape index (κ3) is 5.10. The zero-order chi connectivity index (χ0) is 19.9. The van der Waals surface area contributed by atoms with Crippen LogP contribution in [0.1, 0.15) is 25.0 Å². The molecule has 0 saturated carbocycles. The van der Waals surface area contributed by atoms with Gasteiger partial charge in [-0.05, 0) is 41.8 Å². The van der Waals surface area contributed by atoms with Crippen molar-refractivity contribution in [3.05, 3.63) is 83.7 Å². The maximum atomic E-state index is 14.4. The van der Waals surface area contributed by atoms with E-state index in [4.69, 9.17) is 14.2 Å². The number of carbonyl (C=O) groups excluding carboxylic acids is 1. The average Bonchev–Trinajstić information content (AvgIpc) is 2.69. The molecule has 0 aliphatic carbocycles. The molecule has 144 valence electrons. The maximum Gasteiger partial charge on any atom is 0.308 e. The van der Waals surface area contributed by atoms with Crippen LogP contribution in [0.25, 0.3) is 0 Å². The molecule has 0 unspecified atom stereocenters. The summed E-state index contributed by atoms with van der Waals surface area (Å²) in [5.74, 6) is -0.0602. The van der Waals surface area contributed by atoms with Crippen LogP contribution in [0.3, 0.4) is 0 Å². The summed E-state index contributed by atoms with van der Waals surface area (Å²) in [4.78, 5) is 11.0. The van der Waals surface area contributed by atoms with Crippen LogP contribution in [0, 0.1) is 5.82 Å². The van der Waals surface area contributed by atoms with Crippen molar-refractivity contribution in [1.29, 1.82) is 0 Å². The first-order valence-corrected chi connectivity index (χ1v) is 9.00. The second kappa shape index (κ2) is 9.04. The maximum absolute atomic E-state index is 14.4. The van der Waals surface area contributed by atoms with Crippen LogP contribution in [0.5, 0.6) is 23.0 Å². The van der Waals surface area contributed by atoms with Gasteiger partial charge >= 0.3 is 5.97 Å². The molecular weight excluding hydrogens is 359 g/mol. The van der Waals surface area contributed by atoms with Crippen LogP contribution < -0.4 is 14.2 Å². The normalized spacial score (nSPS) is 10.4. The monoisotopic (exact) mass is 380 g/mol. The van der Waals surface area contributed by atoms with E-state index < -0.39 is 11.8 Å². The standard InChI is InChI=1S/C23H21FO4/c1-3-17-9-11-22(23(13-17)26-15-18-7-5-4-6-8-18)28-21-12-10-19(14-20(21)24)27-16(2)25/h4-14H,3,15H2,1-2H3. The van der Waals surface area contributed by atoms with Gasteiger partial charge < -0.3 is 14.2 Å². The van der Waals surface area contributed by atoms with Gasteiger partial charge in [0, 0.05) is 13.0 Å². The minimum atomic E-state index is -0.632. The number of hydrogen-bond donors (Lipinski definition) is 0. The summed E-state index contributed by atoms with van der Waals surface area (Å²) >= 11 is 0. The Morgan fingerprint density at radius 1 is 0.893 bits per heavy atom. The van der Waals surface area contributed by atoms with Crippen molar-refractivity contribution < 1.29 is 23.4 Å². The quantitative estimate of drug-likeness (QED) is 0.390. The highest BCUT2D eigenvalue weighted by atomic mass is 19.1. The van der Waals surface area contributed by atoms with Crippen molar-refractivity contribution in [2.45, 2.75) is 26.9 Å². The van der Waals surface area contributed by atoms with Gasteiger partial charge in [0.25, 0.3) is 0 Å². The zero-order valence-corrected chi connectivity index (χ0v) is 15.8. The molecule has 3 rings (SSSR count). The van der Waals surface area contributed by atoms with Crippen molar-refractivity contribution in [2.24, 2.45) is 0 Å². The molecule has 0 bridgehead atoms. The Kier molecular flexibility index (Phi) is 6.27. The number of carbonyl (C=O) groups is 1. The van der Waals surface area contributed by atoms with Gasteiger partial charge in [0.15, 0.2) is 23.1 Å². The largest absolute Gasteiger partial charge is 0.485 e. The van der Waals surface area contributed by atoms with Crippen LogP contribution in [0.15, 0.2) is 66.7 Å². The number of benzene rings is 3. The van der Waals surface area contributed by atoms with E-state index in [9.17, 15) is 9.18 Å². The third-order valence-corrected chi connectivity index (χ3v) is 4.04. The van der Waals surface area contributed by atoms with Crippen LogP contribution in [-0.2, 0) is 17.8 Å². The van der Waals surface area contributed by atoms with Gasteiger partial charge in [-0.15, -0.1) is 0 Å². The number of rotatable bonds is 7. The molecule has 4 nitrogen and oxygen atoms in total. The van der Waals surface area contributed by atoms with E-state index in [1.165, 1.54) is 19.1 Å². The minimum absolute atomic E-state index is 0.0183. The van der Waals surface area contributed by atoms with Crippen LogP contribution in [0.2, 0.25) is 0 Å². The van der Waals surface area contributed by atoms with Crippen molar-refractivity contribution in [3.8, 4) is 23.0 Å². The molecule has 0 spiro atoms. The van der Waals surface area contributed by atoms with Gasteiger partial charge in [-0.1, -0.05) is 43.3 Å². The summed E-state index contributed by atoms with van der Waals surface area (Å²) in [6.07, 6.45) is 0.841. The molecular formula is C23H21FO4. The van der Waals surface area contributed by atoms with Gasteiger partial charge in [-0.2, -0.15) is 0 Å². The topological polar surface area (TPSA) is 44.8 Å². The SMILES string of the molecule is CCc1ccc(Oc2ccc(OC(C)=O)cc2F)c(OCc2ccccc2)c1. The molecule has 28 heavy (non-hydrogen) atoms. The lowest BCUT2D eigenvalue weighted by atomic mass is 10.1. The average molecular weight is 380 g/mol. The second-order valence-electron chi connectivity index (χ2n) is 6.20. The van der Waals surface area contributed by atoms with Crippen molar-refractivity contribution in [2.75, 3.05) is 0 Å². The van der Waals surface area contributed by atoms with Crippen molar-refractivity contribution >= 4 is 5.97 Å². The predicted molar refractivity (Wildman–Crippen MR) is 104 cm³/mol. The molecule has 5 heteroatoms. The lowest BCUT2D eigenvalue weighted by Gasteiger charge is -2.14. The van der Waals surface area contributed by atoms with Gasteiger partial charge in [-0.25, -0.2) is 4.39 Å². The molecule has 0 fully saturated rings. The Morgan fingerprint density at radius 3 is 2.32 bits per heavy atom. The number of aryl methyl sites for hydroxylation is 1. The lowest BCUT2D eigenvalue weighted by molar-refractivity contribution is -0.131. The summed E-state index contributed by atoms with van der Waals surface area (Å²) in [5.41, 5.74) is 2.10. The third-order valence-electron chi connectivity index (χ3n) is 4.04. The van der Waals surface area contributed by atoms with Crippen molar-refractivity contribution in [3.63, 3.8) is 0 Å². The number of halogens is 1. The van der Waals surface area contributed by atoms with Gasteiger partial charge in [0.05, 0.1) is 0 Å². The molecule has 0 saturated heterocycles. The molecule has 0 radical (unpaired) electrons. The van der Waals surface area contributed by atoms with Crippen molar-refractivity contribution in [1.82, 2.24) is 0 Å². The van der Waals surface area contributed by atoms with Crippen LogP contribution in [0.4, 0.5) is 4.39 Å². The molecule has 0 amide bonds. The van der Waals surface area contributed by atoms with E-state index in [2.05, 4.69) is 0 Å². The van der Waals surface area contributed by atoms with E-state index in [0.29, 0.717) is 18.1 Å². The number of esters is 1. The van der Waals surface area contributed by atoms with Gasteiger partial charge in [0.2, 0.25) is 0 Å². The molecule has 0 atom stereocenters. The van der Waals surface area contributed by atoms with Gasteiger partial charge in [0.1, 0.15) is 12.4 Å². The molecule has 0 heterocycles. The molecule has 3 aromatic carbocycles. The number of hydrogen-bond acceptors (Lipinski definition) is 4. The fourth-order valence-corrected chi connectivity index (χ4v) is 2.62. The fraction of sp³-hybridized carbons (Fsp3) is 0.174. The molecule has 0 aliphatic heterocycles. The number of ether oxygens (including phenoxy) is 3. The zero-order valence-electron chi connectivity index (χ0n) is 15.8. The Hall–Kier alpha value is -3.34. The highest BCUT2D eigenvalue weighted by Crippen LogP contribution is 2.35. The molecule has 3 aromatic rings. The summed E-state index contributed by atoms with van der Waals surface area (Å²) in [5, 5.41) is 0. The Balaban J connectivity index is 1.82. The summed E-state index contributed by atoms with van der Waals surface area (Å²) < 4.78 is 30.9. The first-order valence-electron chi connectivity index (χ1n) is 9.00. The van der Waals surface area contributed by atoms with Gasteiger partial charge in [-0.3, -0.25) is 4.79 Å². The summed E-state index contributed by atoms with van der Waals surface area (Å²) in [6.45, 7) is 3.68. The van der Waals surface area contributed by atoms with E-state index in [-0.39, 0.29) is 11.5 Å². The predicted octanol–water partition coefficient (Wildman–Crippen LogP) is 5.68. The molecule has 0 aromatic heterocycles. The van der Waals surface area contributed by atoms with Crippen LogP contribution >= 0.6 is 0 Å². The minimum Gasteiger partial charge on any atom is -0.485 e. The fourth-order valence-electron chi connectivity index (χ4n) is 2.62. The van der Waals surface area contributed by atoms with E-state index in [0.717, 1.165) is 23.6 Å². The Morgan fingerprint density at radius 2 is 1.64 bits per heavy atom. The van der Waals surface area contributed by atoms with E-state index >= 15 is 0 Å². The smallest absolute Gasteiger partial charge is 0.308 e. The summed E-state index contributed by atoms with van der Waals surface area (Å²) in [6, 6.07) is 19.3. The molecule has 0 aliphatic rings. The summed E-state index contributed by atoms with van der Waals surface area (Å²) in [7, 11) is 0. The van der Waals surface area contributed by atoms with E-state index in [1.54, 1.807) is 6.07 Å². The first-order chi connectivity index (χ1) is 13.5. The lowest BCUT2D eigenvalue weighted by Crippen LogP contribution is -2.02. The first kappa shape index (κ1) is 19.4. The second-order valence-corrected chi connectivity index (χ2v) is 6.20. The highest BCUT2D eigenvalue weighted by molar-refractivity contribution is 5.69. The van der Waals surface area contributed by atoms with Crippen LogP contribution in [-0.4, -0.2) is 5.97 Å². The Bertz CT molecular complexity index is 954.